The molecule has 0 fully saturated rings. The number of furan rings is 1. The first-order valence-electron chi connectivity index (χ1n) is 3.77. The number of carbonyl (C=O) groups is 1. The summed E-state index contributed by atoms with van der Waals surface area (Å²) < 4.78 is 5.85. The number of aryl methyl sites for hydroxylation is 1. The van der Waals surface area contributed by atoms with Crippen LogP contribution in [0.15, 0.2) is 27.6 Å². The monoisotopic (exact) mass is 243 g/mol. The lowest BCUT2D eigenvalue weighted by Crippen LogP contribution is -2.23. The molecule has 1 amide bonds. The van der Waals surface area contributed by atoms with Gasteiger partial charge in [-0.2, -0.15) is 0 Å². The molecule has 1 aromatic heterocycles. The van der Waals surface area contributed by atoms with Crippen LogP contribution in [0.1, 0.15) is 16.3 Å². The molecule has 0 aliphatic carbocycles. The molecule has 1 rings (SSSR count). The van der Waals surface area contributed by atoms with Crippen LogP contribution in [0.3, 0.4) is 0 Å². The van der Waals surface area contributed by atoms with Gasteiger partial charge in [0.2, 0.25) is 0 Å². The molecule has 0 aliphatic rings. The molecule has 0 aromatic carbocycles. The minimum atomic E-state index is -0.228. The molecule has 0 saturated heterocycles. The maximum absolute atomic E-state index is 11.3. The van der Waals surface area contributed by atoms with Crippen LogP contribution in [0.2, 0.25) is 0 Å². The van der Waals surface area contributed by atoms with Crippen molar-refractivity contribution in [1.82, 2.24) is 5.32 Å². The van der Waals surface area contributed by atoms with Crippen LogP contribution in [-0.2, 0) is 0 Å². The molecule has 0 unspecified atom stereocenters. The van der Waals surface area contributed by atoms with Crippen molar-refractivity contribution in [3.8, 4) is 0 Å². The molecule has 3 nitrogen and oxygen atoms in total. The Morgan fingerprint density at radius 1 is 1.69 bits per heavy atom. The van der Waals surface area contributed by atoms with Crippen molar-refractivity contribution in [3.63, 3.8) is 0 Å². The third kappa shape index (κ3) is 3.06. The molecule has 70 valence electrons. The van der Waals surface area contributed by atoms with Crippen molar-refractivity contribution in [3.05, 3.63) is 34.7 Å². The zero-order chi connectivity index (χ0) is 9.84. The average Bonchev–Trinajstić information content (AvgIpc) is 2.47. The van der Waals surface area contributed by atoms with Crippen molar-refractivity contribution in [2.75, 3.05) is 6.54 Å². The molecule has 0 saturated carbocycles. The lowest BCUT2D eigenvalue weighted by Gasteiger charge is -1.99. The van der Waals surface area contributed by atoms with Gasteiger partial charge in [0, 0.05) is 11.0 Å². The topological polar surface area (TPSA) is 42.2 Å². The number of nitrogens with one attached hydrogen (secondary N) is 1. The third-order valence-electron chi connectivity index (χ3n) is 1.40. The quantitative estimate of drug-likeness (QED) is 0.885. The summed E-state index contributed by atoms with van der Waals surface area (Å²) in [6.45, 7) is 5.79. The Hall–Kier alpha value is -1.03. The molecule has 4 heteroatoms. The van der Waals surface area contributed by atoms with E-state index >= 15 is 0 Å². The summed E-state index contributed by atoms with van der Waals surface area (Å²) in [4.78, 5) is 11.3. The van der Waals surface area contributed by atoms with Gasteiger partial charge in [-0.05, 0) is 19.1 Å². The zero-order valence-electron chi connectivity index (χ0n) is 7.26. The molecule has 0 spiro atoms. The second-order valence-corrected chi connectivity index (χ2v) is 3.73. The first-order valence-corrected chi connectivity index (χ1v) is 4.57. The predicted molar refractivity (Wildman–Crippen MR) is 53.8 cm³/mol. The van der Waals surface area contributed by atoms with Gasteiger partial charge in [0.25, 0.3) is 5.91 Å². The van der Waals surface area contributed by atoms with E-state index in [9.17, 15) is 4.79 Å². The largest absolute Gasteiger partial charge is 0.456 e. The van der Waals surface area contributed by atoms with Gasteiger partial charge in [0.15, 0.2) is 5.76 Å². The van der Waals surface area contributed by atoms with E-state index in [0.717, 1.165) is 10.2 Å². The van der Waals surface area contributed by atoms with Crippen LogP contribution in [0.5, 0.6) is 0 Å². The van der Waals surface area contributed by atoms with E-state index in [0.29, 0.717) is 12.3 Å². The zero-order valence-corrected chi connectivity index (χ0v) is 8.85. The highest BCUT2D eigenvalue weighted by Crippen LogP contribution is 2.06. The molecule has 1 aromatic rings. The average molecular weight is 244 g/mol. The van der Waals surface area contributed by atoms with Crippen molar-refractivity contribution in [2.24, 2.45) is 0 Å². The Morgan fingerprint density at radius 2 is 2.38 bits per heavy atom. The summed E-state index contributed by atoms with van der Waals surface area (Å²) in [7, 11) is 0. The van der Waals surface area contributed by atoms with Crippen LogP contribution < -0.4 is 5.32 Å². The molecule has 1 heterocycles. The molecule has 0 atom stereocenters. The SMILES string of the molecule is C=C(Br)CNC(=O)c1ccc(C)o1. The highest BCUT2D eigenvalue weighted by Gasteiger charge is 2.08. The molecular weight excluding hydrogens is 234 g/mol. The van der Waals surface area contributed by atoms with Crippen molar-refractivity contribution >= 4 is 21.8 Å². The van der Waals surface area contributed by atoms with Gasteiger partial charge in [-0.25, -0.2) is 0 Å². The Labute approximate surface area is 84.9 Å². The van der Waals surface area contributed by atoms with Gasteiger partial charge in [0.05, 0.1) is 0 Å². The summed E-state index contributed by atoms with van der Waals surface area (Å²) in [6, 6.07) is 3.39. The Bertz CT molecular complexity index is 330. The first-order chi connectivity index (χ1) is 6.09. The smallest absolute Gasteiger partial charge is 0.287 e. The van der Waals surface area contributed by atoms with E-state index in [2.05, 4.69) is 27.8 Å². The van der Waals surface area contributed by atoms with Crippen LogP contribution >= 0.6 is 15.9 Å². The van der Waals surface area contributed by atoms with E-state index in [1.807, 2.05) is 0 Å². The van der Waals surface area contributed by atoms with Crippen molar-refractivity contribution < 1.29 is 9.21 Å². The standard InChI is InChI=1S/C9H10BrNO2/c1-6(10)5-11-9(12)8-4-3-7(2)13-8/h3-4H,1,5H2,2H3,(H,11,12). The van der Waals surface area contributed by atoms with Gasteiger partial charge in [-0.1, -0.05) is 22.5 Å². The van der Waals surface area contributed by atoms with Crippen molar-refractivity contribution in [1.29, 1.82) is 0 Å². The number of hydrogen-bond acceptors (Lipinski definition) is 2. The van der Waals surface area contributed by atoms with Crippen LogP contribution in [0, 0.1) is 6.92 Å². The Balaban J connectivity index is 2.54. The summed E-state index contributed by atoms with van der Waals surface area (Å²) in [5, 5.41) is 2.63. The first kappa shape index (κ1) is 10.1. The molecule has 0 aliphatic heterocycles. The van der Waals surface area contributed by atoms with E-state index in [-0.39, 0.29) is 5.91 Å². The second kappa shape index (κ2) is 4.28. The van der Waals surface area contributed by atoms with E-state index < -0.39 is 0 Å². The molecule has 0 bridgehead atoms. The number of rotatable bonds is 3. The van der Waals surface area contributed by atoms with E-state index in [4.69, 9.17) is 4.42 Å². The number of carbonyl (C=O) groups excluding carboxylic acids is 1. The van der Waals surface area contributed by atoms with E-state index in [1.54, 1.807) is 19.1 Å². The van der Waals surface area contributed by atoms with Crippen molar-refractivity contribution in [2.45, 2.75) is 6.92 Å². The third-order valence-corrected chi connectivity index (χ3v) is 1.69. The summed E-state index contributed by atoms with van der Waals surface area (Å²) >= 11 is 3.14. The summed E-state index contributed by atoms with van der Waals surface area (Å²) in [5.74, 6) is 0.822. The Morgan fingerprint density at radius 3 is 2.85 bits per heavy atom. The van der Waals surface area contributed by atoms with Gasteiger partial charge in [-0.15, -0.1) is 0 Å². The highest BCUT2D eigenvalue weighted by atomic mass is 79.9. The fourth-order valence-electron chi connectivity index (χ4n) is 0.820. The van der Waals surface area contributed by atoms with Crippen LogP contribution in [-0.4, -0.2) is 12.5 Å². The highest BCUT2D eigenvalue weighted by molar-refractivity contribution is 9.11. The lowest BCUT2D eigenvalue weighted by atomic mass is 10.4. The maximum atomic E-state index is 11.3. The molecule has 1 N–H and O–H groups in total. The fraction of sp³-hybridized carbons (Fsp3) is 0.222. The minimum absolute atomic E-state index is 0.228. The molecule has 13 heavy (non-hydrogen) atoms. The predicted octanol–water partition coefficient (Wildman–Crippen LogP) is 2.23. The normalized spacial score (nSPS) is 9.69. The summed E-state index contributed by atoms with van der Waals surface area (Å²) in [5.41, 5.74) is 0. The van der Waals surface area contributed by atoms with Gasteiger partial charge >= 0.3 is 0 Å². The maximum Gasteiger partial charge on any atom is 0.287 e. The lowest BCUT2D eigenvalue weighted by molar-refractivity contribution is 0.0929. The van der Waals surface area contributed by atoms with Crippen LogP contribution in [0.25, 0.3) is 0 Å². The van der Waals surface area contributed by atoms with Crippen LogP contribution in [0.4, 0.5) is 0 Å². The minimum Gasteiger partial charge on any atom is -0.456 e. The number of halogens is 1. The molecular formula is C9H10BrNO2. The Kier molecular flexibility index (Phi) is 3.31. The van der Waals surface area contributed by atoms with Gasteiger partial charge in [-0.3, -0.25) is 4.79 Å². The fourth-order valence-corrected chi connectivity index (χ4v) is 0.960. The van der Waals surface area contributed by atoms with Gasteiger partial charge in [0.1, 0.15) is 5.76 Å². The second-order valence-electron chi connectivity index (χ2n) is 2.61. The summed E-state index contributed by atoms with van der Waals surface area (Å²) in [6.07, 6.45) is 0. The van der Waals surface area contributed by atoms with E-state index in [1.165, 1.54) is 0 Å². The van der Waals surface area contributed by atoms with Gasteiger partial charge < -0.3 is 9.73 Å². The molecule has 0 radical (unpaired) electrons. The number of hydrogen-bond donors (Lipinski definition) is 1. The number of amides is 1.